The van der Waals surface area contributed by atoms with Crippen molar-refractivity contribution in [2.45, 2.75) is 5.16 Å². The molecule has 0 radical (unpaired) electrons. The summed E-state index contributed by atoms with van der Waals surface area (Å²) in [6.45, 7) is 0. The maximum atomic E-state index is 12.4. The van der Waals surface area contributed by atoms with Crippen LogP contribution < -0.4 is 10.2 Å². The number of halogens is 2. The Bertz CT molecular complexity index is 1310. The summed E-state index contributed by atoms with van der Waals surface area (Å²) in [7, 11) is 1.62. The van der Waals surface area contributed by atoms with Gasteiger partial charge in [0.2, 0.25) is 0 Å². The molecule has 0 saturated heterocycles. The zero-order valence-corrected chi connectivity index (χ0v) is 20.3. The summed E-state index contributed by atoms with van der Waals surface area (Å²) in [4.78, 5) is 12.4. The molecule has 0 aliphatic rings. The Hall–Kier alpha value is -3.33. The summed E-state index contributed by atoms with van der Waals surface area (Å²) in [5, 5.41) is 14.5. The molecule has 1 amide bonds. The zero-order valence-electron chi connectivity index (χ0n) is 18.0. The molecule has 0 aliphatic heterocycles. The van der Waals surface area contributed by atoms with Gasteiger partial charge in [0.15, 0.2) is 11.0 Å². The average molecular weight is 512 g/mol. The minimum atomic E-state index is -0.278. The molecule has 10 heteroatoms. The highest BCUT2D eigenvalue weighted by Crippen LogP contribution is 2.29. The third-order valence-corrected chi connectivity index (χ3v) is 6.07. The standard InChI is InChI=1S/C24H19Cl2N5O2S/c1-33-21-11-5-17(6-12-21)23-29-30-24(31(23)20-9-7-18(25)8-10-20)34-15-22(32)28-27-14-16-3-2-4-19(26)13-16/h2-14H,15H2,1H3,(H,28,32)/b27-14-. The molecule has 0 atom stereocenters. The largest absolute Gasteiger partial charge is 0.497 e. The third kappa shape index (κ3) is 5.96. The van der Waals surface area contributed by atoms with Gasteiger partial charge in [-0.3, -0.25) is 9.36 Å². The van der Waals surface area contributed by atoms with Crippen LogP contribution in [0, 0.1) is 0 Å². The van der Waals surface area contributed by atoms with Crippen molar-refractivity contribution in [3.05, 3.63) is 88.4 Å². The van der Waals surface area contributed by atoms with E-state index in [2.05, 4.69) is 20.7 Å². The van der Waals surface area contributed by atoms with Gasteiger partial charge in [0.1, 0.15) is 5.75 Å². The summed E-state index contributed by atoms with van der Waals surface area (Å²) < 4.78 is 7.13. The van der Waals surface area contributed by atoms with E-state index < -0.39 is 0 Å². The topological polar surface area (TPSA) is 81.4 Å². The number of carbonyl (C=O) groups excluding carboxylic acids is 1. The van der Waals surface area contributed by atoms with Crippen LogP contribution >= 0.6 is 35.0 Å². The number of rotatable bonds is 8. The van der Waals surface area contributed by atoms with Crippen LogP contribution in [0.3, 0.4) is 0 Å². The predicted octanol–water partition coefficient (Wildman–Crippen LogP) is 5.49. The number of ether oxygens (including phenoxy) is 1. The molecule has 4 aromatic rings. The highest BCUT2D eigenvalue weighted by Gasteiger charge is 2.17. The maximum absolute atomic E-state index is 12.4. The first-order valence-corrected chi connectivity index (χ1v) is 11.8. The number of benzene rings is 3. The van der Waals surface area contributed by atoms with Crippen LogP contribution in [0.15, 0.2) is 83.1 Å². The quantitative estimate of drug-likeness (QED) is 0.192. The fourth-order valence-corrected chi connectivity index (χ4v) is 4.11. The van der Waals surface area contributed by atoms with Crippen LogP contribution in [-0.4, -0.2) is 39.7 Å². The molecular formula is C24H19Cl2N5O2S. The van der Waals surface area contributed by atoms with E-state index in [1.165, 1.54) is 18.0 Å². The van der Waals surface area contributed by atoms with Crippen LogP contribution in [0.25, 0.3) is 17.1 Å². The minimum absolute atomic E-state index is 0.0984. The highest BCUT2D eigenvalue weighted by molar-refractivity contribution is 7.99. The van der Waals surface area contributed by atoms with Gasteiger partial charge in [-0.05, 0) is 66.2 Å². The number of hydrogen-bond donors (Lipinski definition) is 1. The number of nitrogens with one attached hydrogen (secondary N) is 1. The fourth-order valence-electron chi connectivity index (χ4n) is 3.04. The molecule has 1 N–H and O–H groups in total. The first-order chi connectivity index (χ1) is 16.5. The van der Waals surface area contributed by atoms with E-state index in [1.807, 2.05) is 53.1 Å². The number of aromatic nitrogens is 3. The van der Waals surface area contributed by atoms with Crippen molar-refractivity contribution in [2.75, 3.05) is 12.9 Å². The number of thioether (sulfide) groups is 1. The SMILES string of the molecule is COc1ccc(-c2nnc(SCC(=O)N/N=C\c3cccc(Cl)c3)n2-c2ccc(Cl)cc2)cc1. The van der Waals surface area contributed by atoms with Crippen LogP contribution in [0.5, 0.6) is 5.75 Å². The summed E-state index contributed by atoms with van der Waals surface area (Å²) in [5.41, 5.74) is 4.97. The number of hydrogen-bond acceptors (Lipinski definition) is 6. The van der Waals surface area contributed by atoms with E-state index in [4.69, 9.17) is 27.9 Å². The highest BCUT2D eigenvalue weighted by atomic mass is 35.5. The minimum Gasteiger partial charge on any atom is -0.497 e. The second-order valence-electron chi connectivity index (χ2n) is 6.98. The summed E-state index contributed by atoms with van der Waals surface area (Å²) in [6, 6.07) is 22.0. The Labute approximate surface area is 210 Å². The van der Waals surface area contributed by atoms with Gasteiger partial charge in [-0.25, -0.2) is 5.43 Å². The Morgan fingerprint density at radius 1 is 1.06 bits per heavy atom. The van der Waals surface area contributed by atoms with Crippen LogP contribution in [0.2, 0.25) is 10.0 Å². The van der Waals surface area contributed by atoms with Crippen LogP contribution in [0.4, 0.5) is 0 Å². The van der Waals surface area contributed by atoms with Gasteiger partial charge in [-0.15, -0.1) is 10.2 Å². The number of amides is 1. The molecule has 34 heavy (non-hydrogen) atoms. The molecule has 7 nitrogen and oxygen atoms in total. The summed E-state index contributed by atoms with van der Waals surface area (Å²) in [5.74, 6) is 1.19. The second kappa shape index (κ2) is 11.2. The molecule has 0 fully saturated rings. The average Bonchev–Trinajstić information content (AvgIpc) is 3.27. The normalized spacial score (nSPS) is 11.0. The van der Waals surface area contributed by atoms with Crippen LogP contribution in [0.1, 0.15) is 5.56 Å². The Morgan fingerprint density at radius 2 is 1.82 bits per heavy atom. The van der Waals surface area contributed by atoms with Crippen molar-refractivity contribution in [3.8, 4) is 22.8 Å². The molecule has 4 rings (SSSR count). The molecule has 0 saturated carbocycles. The van der Waals surface area contributed by atoms with Gasteiger partial charge in [0.25, 0.3) is 5.91 Å². The van der Waals surface area contributed by atoms with E-state index in [0.717, 1.165) is 22.6 Å². The smallest absolute Gasteiger partial charge is 0.250 e. The molecular weight excluding hydrogens is 493 g/mol. The third-order valence-electron chi connectivity index (χ3n) is 4.65. The van der Waals surface area contributed by atoms with Gasteiger partial charge < -0.3 is 4.74 Å². The summed E-state index contributed by atoms with van der Waals surface area (Å²) in [6.07, 6.45) is 1.53. The van der Waals surface area contributed by atoms with Crippen molar-refractivity contribution >= 4 is 47.1 Å². The molecule has 3 aromatic carbocycles. The van der Waals surface area contributed by atoms with Gasteiger partial charge in [0.05, 0.1) is 19.1 Å². The Morgan fingerprint density at radius 3 is 2.53 bits per heavy atom. The fraction of sp³-hybridized carbons (Fsp3) is 0.0833. The van der Waals surface area contributed by atoms with E-state index >= 15 is 0 Å². The van der Waals surface area contributed by atoms with E-state index in [9.17, 15) is 4.79 Å². The van der Waals surface area contributed by atoms with Crippen molar-refractivity contribution in [3.63, 3.8) is 0 Å². The molecule has 172 valence electrons. The molecule has 0 bridgehead atoms. The lowest BCUT2D eigenvalue weighted by molar-refractivity contribution is -0.118. The maximum Gasteiger partial charge on any atom is 0.250 e. The van der Waals surface area contributed by atoms with Gasteiger partial charge >= 0.3 is 0 Å². The molecule has 0 aliphatic carbocycles. The monoisotopic (exact) mass is 511 g/mol. The first kappa shape index (κ1) is 23.8. The molecule has 0 spiro atoms. The van der Waals surface area contributed by atoms with Gasteiger partial charge in [-0.1, -0.05) is 47.1 Å². The number of methoxy groups -OCH3 is 1. The lowest BCUT2D eigenvalue weighted by Crippen LogP contribution is -2.20. The molecule has 1 heterocycles. The molecule has 1 aromatic heterocycles. The van der Waals surface area contributed by atoms with Crippen molar-refractivity contribution in [2.24, 2.45) is 5.10 Å². The molecule has 0 unspecified atom stereocenters. The number of hydrazone groups is 1. The first-order valence-electron chi connectivity index (χ1n) is 10.1. The Balaban J connectivity index is 1.52. The second-order valence-corrected chi connectivity index (χ2v) is 8.80. The van der Waals surface area contributed by atoms with Crippen molar-refractivity contribution < 1.29 is 9.53 Å². The predicted molar refractivity (Wildman–Crippen MR) is 136 cm³/mol. The Kier molecular flexibility index (Phi) is 7.84. The van der Waals surface area contributed by atoms with Crippen molar-refractivity contribution in [1.82, 2.24) is 20.2 Å². The van der Waals surface area contributed by atoms with Gasteiger partial charge in [0, 0.05) is 21.3 Å². The lowest BCUT2D eigenvalue weighted by Gasteiger charge is -2.11. The van der Waals surface area contributed by atoms with Crippen LogP contribution in [-0.2, 0) is 4.79 Å². The zero-order chi connectivity index (χ0) is 23.9. The number of nitrogens with zero attached hydrogens (tertiary/aromatic N) is 4. The summed E-state index contributed by atoms with van der Waals surface area (Å²) >= 11 is 13.3. The number of carbonyl (C=O) groups is 1. The van der Waals surface area contributed by atoms with Crippen molar-refractivity contribution in [1.29, 1.82) is 0 Å². The lowest BCUT2D eigenvalue weighted by atomic mass is 10.2. The van der Waals surface area contributed by atoms with E-state index in [1.54, 1.807) is 31.4 Å². The van der Waals surface area contributed by atoms with E-state index in [-0.39, 0.29) is 11.7 Å². The van der Waals surface area contributed by atoms with Gasteiger partial charge in [-0.2, -0.15) is 5.10 Å². The van der Waals surface area contributed by atoms with E-state index in [0.29, 0.717) is 21.0 Å².